The SMILES string of the molecule is Cc1ccccc1COc1ccccc1C=[NH+]NC(N)=S. The Labute approximate surface area is 129 Å². The van der Waals surface area contributed by atoms with Gasteiger partial charge in [0.25, 0.3) is 0 Å². The second-order valence-electron chi connectivity index (χ2n) is 4.53. The van der Waals surface area contributed by atoms with E-state index in [0.717, 1.165) is 11.3 Å². The van der Waals surface area contributed by atoms with E-state index in [1.807, 2.05) is 36.4 Å². The van der Waals surface area contributed by atoms with Gasteiger partial charge in [0.2, 0.25) is 11.3 Å². The van der Waals surface area contributed by atoms with Gasteiger partial charge in [0.15, 0.2) is 0 Å². The van der Waals surface area contributed by atoms with E-state index in [1.165, 1.54) is 11.1 Å². The molecule has 0 bridgehead atoms. The molecule has 0 aromatic heterocycles. The molecule has 108 valence electrons. The fourth-order valence-electron chi connectivity index (χ4n) is 1.84. The van der Waals surface area contributed by atoms with Gasteiger partial charge in [-0.1, -0.05) is 36.4 Å². The summed E-state index contributed by atoms with van der Waals surface area (Å²) in [6.07, 6.45) is 1.76. The molecule has 0 amide bonds. The molecule has 4 N–H and O–H groups in total. The van der Waals surface area contributed by atoms with Crippen molar-refractivity contribution < 1.29 is 9.84 Å². The van der Waals surface area contributed by atoms with Crippen LogP contribution in [0.5, 0.6) is 5.75 Å². The van der Waals surface area contributed by atoms with Crippen LogP contribution in [-0.2, 0) is 6.61 Å². The van der Waals surface area contributed by atoms with E-state index in [4.69, 9.17) is 22.7 Å². The van der Waals surface area contributed by atoms with Gasteiger partial charge in [-0.25, -0.2) is 0 Å². The van der Waals surface area contributed by atoms with Gasteiger partial charge in [-0.15, -0.1) is 10.5 Å². The smallest absolute Gasteiger partial charge is 0.221 e. The highest BCUT2D eigenvalue weighted by Gasteiger charge is 2.05. The van der Waals surface area contributed by atoms with Crippen LogP contribution in [0.3, 0.4) is 0 Å². The first-order valence-electron chi connectivity index (χ1n) is 6.57. The molecule has 0 aliphatic carbocycles. The summed E-state index contributed by atoms with van der Waals surface area (Å²) in [5.74, 6) is 0.790. The monoisotopic (exact) mass is 300 g/mol. The number of nitrogens with two attached hydrogens (primary N) is 1. The molecule has 0 fully saturated rings. The minimum Gasteiger partial charge on any atom is -0.488 e. The zero-order valence-electron chi connectivity index (χ0n) is 11.8. The molecule has 0 saturated carbocycles. The standard InChI is InChI=1S/C16H17N3OS/c1-12-6-2-3-8-14(12)11-20-15-9-5-4-7-13(15)10-18-19-16(17)21/h2-10H,11H2,1H3,(H3,17,19,21)/p+1. The lowest BCUT2D eigenvalue weighted by Gasteiger charge is -2.09. The third-order valence-electron chi connectivity index (χ3n) is 2.99. The number of para-hydroxylation sites is 1. The molecule has 0 aliphatic heterocycles. The number of hydrazine groups is 1. The predicted molar refractivity (Wildman–Crippen MR) is 88.0 cm³/mol. The Kier molecular flexibility index (Phi) is 5.29. The van der Waals surface area contributed by atoms with Gasteiger partial charge >= 0.3 is 0 Å². The Balaban J connectivity index is 2.08. The summed E-state index contributed by atoms with van der Waals surface area (Å²) in [7, 11) is 0. The first-order chi connectivity index (χ1) is 10.2. The summed E-state index contributed by atoms with van der Waals surface area (Å²) in [4.78, 5) is 0. The first-order valence-corrected chi connectivity index (χ1v) is 6.98. The van der Waals surface area contributed by atoms with Crippen molar-refractivity contribution in [2.45, 2.75) is 13.5 Å². The van der Waals surface area contributed by atoms with E-state index in [1.54, 1.807) is 6.21 Å². The molecule has 0 heterocycles. The zero-order valence-corrected chi connectivity index (χ0v) is 12.6. The van der Waals surface area contributed by atoms with E-state index in [9.17, 15) is 0 Å². The molecule has 4 nitrogen and oxygen atoms in total. The number of hydrazone groups is 1. The summed E-state index contributed by atoms with van der Waals surface area (Å²) in [6, 6.07) is 15.9. The molecule has 21 heavy (non-hydrogen) atoms. The number of rotatable bonds is 5. The molecule has 5 heteroatoms. The lowest BCUT2D eigenvalue weighted by Crippen LogP contribution is -2.82. The van der Waals surface area contributed by atoms with Crippen LogP contribution in [0.4, 0.5) is 0 Å². The first kappa shape index (κ1) is 15.0. The fourth-order valence-corrected chi connectivity index (χ4v) is 1.90. The van der Waals surface area contributed by atoms with Gasteiger partial charge in [-0.3, -0.25) is 0 Å². The van der Waals surface area contributed by atoms with Crippen molar-refractivity contribution in [2.24, 2.45) is 5.73 Å². The molecule has 2 aromatic rings. The van der Waals surface area contributed by atoms with Crippen LogP contribution in [0, 0.1) is 6.92 Å². The Morgan fingerprint density at radius 2 is 1.95 bits per heavy atom. The van der Waals surface area contributed by atoms with Crippen LogP contribution in [0.2, 0.25) is 0 Å². The molecular formula is C16H18N3OS+. The topological polar surface area (TPSA) is 61.2 Å². The van der Waals surface area contributed by atoms with Gasteiger partial charge in [0.05, 0.1) is 5.56 Å². The quantitative estimate of drug-likeness (QED) is 0.435. The number of thiocarbonyl (C=S) groups is 1. The highest BCUT2D eigenvalue weighted by Crippen LogP contribution is 2.18. The van der Waals surface area contributed by atoms with E-state index in [0.29, 0.717) is 6.61 Å². The number of aryl methyl sites for hydroxylation is 1. The maximum atomic E-state index is 5.90. The summed E-state index contributed by atoms with van der Waals surface area (Å²) >= 11 is 4.73. The lowest BCUT2D eigenvalue weighted by atomic mass is 10.1. The van der Waals surface area contributed by atoms with Crippen molar-refractivity contribution >= 4 is 23.5 Å². The van der Waals surface area contributed by atoms with Gasteiger partial charge in [0.1, 0.15) is 12.4 Å². The molecular weight excluding hydrogens is 282 g/mol. The van der Waals surface area contributed by atoms with Crippen molar-refractivity contribution in [3.63, 3.8) is 0 Å². The minimum absolute atomic E-state index is 0.185. The third kappa shape index (κ3) is 4.57. The van der Waals surface area contributed by atoms with Crippen molar-refractivity contribution in [2.75, 3.05) is 0 Å². The summed E-state index contributed by atoms with van der Waals surface area (Å²) in [6.45, 7) is 2.60. The molecule has 0 saturated heterocycles. The minimum atomic E-state index is 0.185. The maximum Gasteiger partial charge on any atom is 0.221 e. The molecule has 2 aromatic carbocycles. The van der Waals surface area contributed by atoms with Crippen LogP contribution in [0.1, 0.15) is 16.7 Å². The molecule has 0 aliphatic rings. The summed E-state index contributed by atoms with van der Waals surface area (Å²) in [5, 5.41) is 3.01. The highest BCUT2D eigenvalue weighted by molar-refractivity contribution is 7.80. The Bertz CT molecular complexity index is 655. The second kappa shape index (κ2) is 7.40. The molecule has 0 spiro atoms. The van der Waals surface area contributed by atoms with Gasteiger partial charge in [0, 0.05) is 0 Å². The van der Waals surface area contributed by atoms with Crippen molar-refractivity contribution in [3.8, 4) is 5.75 Å². The normalized spacial score (nSPS) is 10.5. The van der Waals surface area contributed by atoms with Gasteiger partial charge in [-0.2, -0.15) is 0 Å². The third-order valence-corrected chi connectivity index (χ3v) is 3.09. The Morgan fingerprint density at radius 3 is 2.71 bits per heavy atom. The molecule has 2 rings (SSSR count). The largest absolute Gasteiger partial charge is 0.488 e. The molecule has 0 radical (unpaired) electrons. The average Bonchev–Trinajstić information content (AvgIpc) is 2.47. The second-order valence-corrected chi connectivity index (χ2v) is 4.97. The molecule has 0 unspecified atom stereocenters. The highest BCUT2D eigenvalue weighted by atomic mass is 32.1. The Morgan fingerprint density at radius 1 is 1.24 bits per heavy atom. The van der Waals surface area contributed by atoms with Crippen molar-refractivity contribution in [1.82, 2.24) is 5.43 Å². The van der Waals surface area contributed by atoms with E-state index in [-0.39, 0.29) is 5.11 Å². The van der Waals surface area contributed by atoms with E-state index < -0.39 is 0 Å². The zero-order chi connectivity index (χ0) is 15.1. The van der Waals surface area contributed by atoms with E-state index in [2.05, 4.69) is 29.6 Å². The predicted octanol–water partition coefficient (Wildman–Crippen LogP) is 0.822. The van der Waals surface area contributed by atoms with Crippen LogP contribution in [-0.4, -0.2) is 11.3 Å². The Hall–Kier alpha value is -2.40. The number of nitrogens with one attached hydrogen (secondary N) is 2. The van der Waals surface area contributed by atoms with Crippen LogP contribution < -0.4 is 21.0 Å². The van der Waals surface area contributed by atoms with Crippen LogP contribution in [0.15, 0.2) is 48.5 Å². The summed E-state index contributed by atoms with van der Waals surface area (Å²) < 4.78 is 5.90. The number of ether oxygens (including phenoxy) is 1. The van der Waals surface area contributed by atoms with E-state index >= 15 is 0 Å². The number of benzene rings is 2. The number of hydrogen-bond donors (Lipinski definition) is 3. The average molecular weight is 300 g/mol. The van der Waals surface area contributed by atoms with Gasteiger partial charge < -0.3 is 10.5 Å². The van der Waals surface area contributed by atoms with Gasteiger partial charge in [-0.05, 0) is 42.4 Å². The molecule has 0 atom stereocenters. The summed E-state index contributed by atoms with van der Waals surface area (Å²) in [5.41, 5.74) is 11.3. The van der Waals surface area contributed by atoms with Crippen molar-refractivity contribution in [3.05, 3.63) is 65.2 Å². The van der Waals surface area contributed by atoms with Crippen LogP contribution in [0.25, 0.3) is 0 Å². The number of hydrogen-bond acceptors (Lipinski definition) is 2. The maximum absolute atomic E-state index is 5.90. The van der Waals surface area contributed by atoms with Crippen molar-refractivity contribution in [1.29, 1.82) is 0 Å². The fraction of sp³-hybridized carbons (Fsp3) is 0.125. The lowest BCUT2D eigenvalue weighted by molar-refractivity contribution is -0.499. The van der Waals surface area contributed by atoms with Crippen LogP contribution >= 0.6 is 12.2 Å².